The third-order valence-electron chi connectivity index (χ3n) is 5.35. The zero-order chi connectivity index (χ0) is 19.6. The smallest absolute Gasteiger partial charge is 0.272 e. The molecule has 4 heterocycles. The number of piperidine rings is 1. The summed E-state index contributed by atoms with van der Waals surface area (Å²) in [4.78, 5) is 23.4. The number of nitrogens with zero attached hydrogens (tertiary/aromatic N) is 5. The molecule has 1 aliphatic rings. The summed E-state index contributed by atoms with van der Waals surface area (Å²) in [5.41, 5.74) is 2.31. The maximum atomic E-state index is 13.2. The van der Waals surface area contributed by atoms with Crippen molar-refractivity contribution in [3.63, 3.8) is 0 Å². The Balaban J connectivity index is 1.49. The minimum atomic E-state index is -0.828. The van der Waals surface area contributed by atoms with E-state index in [-0.39, 0.29) is 5.91 Å². The highest BCUT2D eigenvalue weighted by molar-refractivity contribution is 5.99. The maximum Gasteiger partial charge on any atom is 0.272 e. The van der Waals surface area contributed by atoms with E-state index in [0.29, 0.717) is 38.0 Å². The van der Waals surface area contributed by atoms with Crippen molar-refractivity contribution in [2.75, 3.05) is 13.1 Å². The van der Waals surface area contributed by atoms with Crippen molar-refractivity contribution in [1.82, 2.24) is 24.6 Å². The normalized spacial score (nSPS) is 16.1. The van der Waals surface area contributed by atoms with Gasteiger partial charge in [-0.25, -0.2) is 0 Å². The SMILES string of the molecule is Cn1ncc(-c2ccncc2)c1C(=O)N1CCC(O)(Cc2ccccn2)CC1. The van der Waals surface area contributed by atoms with Crippen molar-refractivity contribution in [1.29, 1.82) is 0 Å². The van der Waals surface area contributed by atoms with Crippen LogP contribution in [0.25, 0.3) is 11.1 Å². The lowest BCUT2D eigenvalue weighted by atomic mass is 9.86. The molecule has 4 rings (SSSR count). The van der Waals surface area contributed by atoms with Crippen LogP contribution in [0.3, 0.4) is 0 Å². The average Bonchev–Trinajstić information content (AvgIpc) is 3.11. The standard InChI is InChI=1S/C21H23N5O2/c1-25-19(18(15-24-25)16-5-10-22-11-6-16)20(27)26-12-7-21(28,8-13-26)14-17-4-2-3-9-23-17/h2-6,9-11,15,28H,7-8,12-14H2,1H3. The van der Waals surface area contributed by atoms with Crippen molar-refractivity contribution in [3.05, 3.63) is 66.5 Å². The molecule has 1 fully saturated rings. The van der Waals surface area contributed by atoms with Gasteiger partial charge in [-0.1, -0.05) is 6.07 Å². The molecule has 144 valence electrons. The minimum absolute atomic E-state index is 0.0632. The quantitative estimate of drug-likeness (QED) is 0.753. The van der Waals surface area contributed by atoms with Crippen molar-refractivity contribution >= 4 is 5.91 Å². The van der Waals surface area contributed by atoms with Crippen LogP contribution in [-0.2, 0) is 13.5 Å². The second-order valence-corrected chi connectivity index (χ2v) is 7.28. The van der Waals surface area contributed by atoms with Gasteiger partial charge < -0.3 is 10.0 Å². The van der Waals surface area contributed by atoms with Crippen LogP contribution in [0.4, 0.5) is 0 Å². The van der Waals surface area contributed by atoms with Crippen molar-refractivity contribution in [2.45, 2.75) is 24.9 Å². The lowest BCUT2D eigenvalue weighted by Gasteiger charge is -2.38. The van der Waals surface area contributed by atoms with Gasteiger partial charge in [-0.15, -0.1) is 0 Å². The summed E-state index contributed by atoms with van der Waals surface area (Å²) in [5, 5.41) is 15.2. The zero-order valence-electron chi connectivity index (χ0n) is 15.8. The van der Waals surface area contributed by atoms with Gasteiger partial charge >= 0.3 is 0 Å². The van der Waals surface area contributed by atoms with Gasteiger partial charge in [0.05, 0.1) is 11.8 Å². The number of carbonyl (C=O) groups excluding carboxylic acids is 1. The topological polar surface area (TPSA) is 84.1 Å². The van der Waals surface area contributed by atoms with Crippen LogP contribution in [0.2, 0.25) is 0 Å². The number of carbonyl (C=O) groups is 1. The van der Waals surface area contributed by atoms with E-state index < -0.39 is 5.60 Å². The van der Waals surface area contributed by atoms with Crippen LogP contribution in [0, 0.1) is 0 Å². The largest absolute Gasteiger partial charge is 0.389 e. The van der Waals surface area contributed by atoms with Gasteiger partial charge in [0, 0.05) is 56.4 Å². The summed E-state index contributed by atoms with van der Waals surface area (Å²) >= 11 is 0. The van der Waals surface area contributed by atoms with Crippen molar-refractivity contribution in [2.24, 2.45) is 7.05 Å². The van der Waals surface area contributed by atoms with E-state index in [1.165, 1.54) is 0 Å². The van der Waals surface area contributed by atoms with Gasteiger partial charge in [0.1, 0.15) is 5.69 Å². The van der Waals surface area contributed by atoms with E-state index in [0.717, 1.165) is 16.8 Å². The first-order chi connectivity index (χ1) is 13.6. The van der Waals surface area contributed by atoms with Crippen LogP contribution in [0.15, 0.2) is 55.1 Å². The molecule has 0 aliphatic carbocycles. The molecule has 0 atom stereocenters. The van der Waals surface area contributed by atoms with Crippen LogP contribution in [0.5, 0.6) is 0 Å². The third kappa shape index (κ3) is 3.66. The number of aromatic nitrogens is 4. The Labute approximate surface area is 163 Å². The number of rotatable bonds is 4. The first-order valence-corrected chi connectivity index (χ1v) is 9.40. The van der Waals surface area contributed by atoms with E-state index in [9.17, 15) is 9.90 Å². The van der Waals surface area contributed by atoms with Gasteiger partial charge in [-0.3, -0.25) is 19.4 Å². The van der Waals surface area contributed by atoms with E-state index >= 15 is 0 Å². The van der Waals surface area contributed by atoms with Crippen LogP contribution in [0.1, 0.15) is 29.0 Å². The predicted molar refractivity (Wildman–Crippen MR) is 104 cm³/mol. The number of amides is 1. The molecule has 1 N–H and O–H groups in total. The first-order valence-electron chi connectivity index (χ1n) is 9.40. The molecule has 3 aromatic rings. The molecular weight excluding hydrogens is 354 g/mol. The summed E-state index contributed by atoms with van der Waals surface area (Å²) in [7, 11) is 1.78. The highest BCUT2D eigenvalue weighted by Gasteiger charge is 2.35. The minimum Gasteiger partial charge on any atom is -0.389 e. The number of likely N-dealkylation sites (tertiary alicyclic amines) is 1. The number of aliphatic hydroxyl groups is 1. The zero-order valence-corrected chi connectivity index (χ0v) is 15.8. The number of hydrogen-bond acceptors (Lipinski definition) is 5. The average molecular weight is 377 g/mol. The second kappa shape index (κ2) is 7.52. The molecule has 7 nitrogen and oxygen atoms in total. The lowest BCUT2D eigenvalue weighted by molar-refractivity contribution is -0.0170. The maximum absolute atomic E-state index is 13.2. The fourth-order valence-corrected chi connectivity index (χ4v) is 3.73. The Morgan fingerprint density at radius 3 is 2.57 bits per heavy atom. The van der Waals surface area contributed by atoms with Crippen molar-refractivity contribution < 1.29 is 9.90 Å². The Morgan fingerprint density at radius 2 is 1.89 bits per heavy atom. The second-order valence-electron chi connectivity index (χ2n) is 7.28. The Kier molecular flexibility index (Phi) is 4.92. The highest BCUT2D eigenvalue weighted by atomic mass is 16.3. The van der Waals surface area contributed by atoms with E-state index in [4.69, 9.17) is 0 Å². The first kappa shape index (κ1) is 18.3. The van der Waals surface area contributed by atoms with Gasteiger partial charge in [-0.2, -0.15) is 5.10 Å². The number of hydrogen-bond donors (Lipinski definition) is 1. The molecule has 0 spiro atoms. The Morgan fingerprint density at radius 1 is 1.14 bits per heavy atom. The summed E-state index contributed by atoms with van der Waals surface area (Å²) < 4.78 is 1.62. The summed E-state index contributed by atoms with van der Waals surface area (Å²) in [6, 6.07) is 9.45. The molecule has 1 amide bonds. The van der Waals surface area contributed by atoms with E-state index in [1.54, 1.807) is 41.4 Å². The predicted octanol–water partition coefficient (Wildman–Crippen LogP) is 2.09. The fraction of sp³-hybridized carbons (Fsp3) is 0.333. The molecule has 0 saturated carbocycles. The molecule has 0 radical (unpaired) electrons. The van der Waals surface area contributed by atoms with E-state index in [1.807, 2.05) is 30.3 Å². The summed E-state index contributed by atoms with van der Waals surface area (Å²) in [5.74, 6) is -0.0632. The lowest BCUT2D eigenvalue weighted by Crippen LogP contribution is -2.48. The third-order valence-corrected chi connectivity index (χ3v) is 5.35. The Bertz CT molecular complexity index is 947. The molecule has 0 bridgehead atoms. The molecule has 0 aromatic carbocycles. The Hall–Kier alpha value is -3.06. The molecule has 1 saturated heterocycles. The van der Waals surface area contributed by atoms with Crippen LogP contribution in [-0.4, -0.2) is 54.4 Å². The van der Waals surface area contributed by atoms with Crippen LogP contribution < -0.4 is 0 Å². The molecule has 3 aromatic heterocycles. The van der Waals surface area contributed by atoms with Gasteiger partial charge in [0.2, 0.25) is 0 Å². The molecular formula is C21H23N5O2. The van der Waals surface area contributed by atoms with Crippen molar-refractivity contribution in [3.8, 4) is 11.1 Å². The summed E-state index contributed by atoms with van der Waals surface area (Å²) in [6.07, 6.45) is 8.41. The molecule has 1 aliphatic heterocycles. The fourth-order valence-electron chi connectivity index (χ4n) is 3.73. The summed E-state index contributed by atoms with van der Waals surface area (Å²) in [6.45, 7) is 1.01. The number of pyridine rings is 2. The monoisotopic (exact) mass is 377 g/mol. The molecule has 7 heteroatoms. The van der Waals surface area contributed by atoms with Crippen LogP contribution >= 0.6 is 0 Å². The van der Waals surface area contributed by atoms with Gasteiger partial charge in [0.15, 0.2) is 0 Å². The molecule has 0 unspecified atom stereocenters. The highest BCUT2D eigenvalue weighted by Crippen LogP contribution is 2.29. The van der Waals surface area contributed by atoms with Gasteiger partial charge in [0.25, 0.3) is 5.91 Å². The van der Waals surface area contributed by atoms with Gasteiger partial charge in [-0.05, 0) is 42.7 Å². The molecule has 28 heavy (non-hydrogen) atoms. The van der Waals surface area contributed by atoms with E-state index in [2.05, 4.69) is 15.1 Å². The number of aryl methyl sites for hydroxylation is 1.